The number of benzene rings is 1. The van der Waals surface area contributed by atoms with Crippen LogP contribution in [-0.4, -0.2) is 40.0 Å². The van der Waals surface area contributed by atoms with Gasteiger partial charge in [0.25, 0.3) is 0 Å². The average Bonchev–Trinajstić information content (AvgIpc) is 3.14. The second kappa shape index (κ2) is 8.57. The standard InChI is InChI=1S/C22H24ClN5O/c23-17-1-3-18(4-2-17)28-15-20(19-5-9-25-13-21(19)28)16-6-11-27(12-7-16)22(29)14-26-10-8-24/h1-5,8-10,13,15-16,26H,6-7,11-12,14,24H2/b10-8+. The SMILES string of the molecule is N/C=C/NCC(=O)N1CCC(c2cn(-c3ccc(Cl)cc3)c3cnccc23)CC1. The van der Waals surface area contributed by atoms with E-state index in [0.717, 1.165) is 42.2 Å². The maximum Gasteiger partial charge on any atom is 0.241 e. The molecule has 3 heterocycles. The summed E-state index contributed by atoms with van der Waals surface area (Å²) in [6.07, 6.45) is 10.8. The van der Waals surface area contributed by atoms with Crippen LogP contribution in [0.5, 0.6) is 0 Å². The van der Waals surface area contributed by atoms with Crippen molar-refractivity contribution in [1.82, 2.24) is 19.8 Å². The first kappa shape index (κ1) is 19.3. The van der Waals surface area contributed by atoms with Crippen LogP contribution in [0.2, 0.25) is 5.02 Å². The molecule has 0 saturated carbocycles. The number of nitrogens with zero attached hydrogens (tertiary/aromatic N) is 3. The van der Waals surface area contributed by atoms with Crippen molar-refractivity contribution in [3.05, 3.63) is 71.9 Å². The molecule has 0 bridgehead atoms. The molecule has 0 radical (unpaired) electrons. The molecule has 29 heavy (non-hydrogen) atoms. The Labute approximate surface area is 175 Å². The Kier molecular flexibility index (Phi) is 5.71. The van der Waals surface area contributed by atoms with Gasteiger partial charge in [-0.3, -0.25) is 9.78 Å². The first-order chi connectivity index (χ1) is 14.2. The molecular weight excluding hydrogens is 386 g/mol. The van der Waals surface area contributed by atoms with Gasteiger partial charge < -0.3 is 20.5 Å². The highest BCUT2D eigenvalue weighted by molar-refractivity contribution is 6.30. The molecule has 150 valence electrons. The summed E-state index contributed by atoms with van der Waals surface area (Å²) in [5, 5.41) is 4.84. The zero-order valence-corrected chi connectivity index (χ0v) is 16.8. The van der Waals surface area contributed by atoms with E-state index in [9.17, 15) is 4.79 Å². The summed E-state index contributed by atoms with van der Waals surface area (Å²) in [6, 6.07) is 9.91. The Morgan fingerprint density at radius 3 is 2.72 bits per heavy atom. The van der Waals surface area contributed by atoms with Gasteiger partial charge in [-0.2, -0.15) is 0 Å². The minimum absolute atomic E-state index is 0.106. The molecular formula is C22H24ClN5O. The molecule has 1 aliphatic heterocycles. The van der Waals surface area contributed by atoms with Crippen molar-refractivity contribution < 1.29 is 4.79 Å². The normalized spacial score (nSPS) is 15.3. The largest absolute Gasteiger partial charge is 0.403 e. The average molecular weight is 410 g/mol. The Hall–Kier alpha value is -2.99. The van der Waals surface area contributed by atoms with E-state index >= 15 is 0 Å². The van der Waals surface area contributed by atoms with Crippen molar-refractivity contribution in [3.8, 4) is 5.69 Å². The van der Waals surface area contributed by atoms with Gasteiger partial charge in [0.05, 0.1) is 18.3 Å². The fraction of sp³-hybridized carbons (Fsp3) is 0.273. The monoisotopic (exact) mass is 409 g/mol. The number of likely N-dealkylation sites (tertiary alicyclic amines) is 1. The lowest BCUT2D eigenvalue weighted by Gasteiger charge is -2.32. The first-order valence-electron chi connectivity index (χ1n) is 9.76. The first-order valence-corrected chi connectivity index (χ1v) is 10.1. The second-order valence-corrected chi connectivity index (χ2v) is 7.66. The number of amides is 1. The van der Waals surface area contributed by atoms with Gasteiger partial charge in [-0.1, -0.05) is 11.6 Å². The van der Waals surface area contributed by atoms with Gasteiger partial charge in [-0.15, -0.1) is 0 Å². The van der Waals surface area contributed by atoms with Crippen LogP contribution in [0.15, 0.2) is 61.3 Å². The number of nitrogens with two attached hydrogens (primary N) is 1. The van der Waals surface area contributed by atoms with E-state index in [4.69, 9.17) is 17.3 Å². The molecule has 1 saturated heterocycles. The topological polar surface area (TPSA) is 76.2 Å². The number of carbonyl (C=O) groups is 1. The molecule has 2 aromatic heterocycles. The van der Waals surface area contributed by atoms with Crippen LogP contribution >= 0.6 is 11.6 Å². The number of hydrogen-bond donors (Lipinski definition) is 2. The van der Waals surface area contributed by atoms with E-state index in [-0.39, 0.29) is 12.5 Å². The number of fused-ring (bicyclic) bond motifs is 1. The lowest BCUT2D eigenvalue weighted by molar-refractivity contribution is -0.131. The third kappa shape index (κ3) is 4.07. The molecule has 4 rings (SSSR count). The van der Waals surface area contributed by atoms with Crippen molar-refractivity contribution in [2.45, 2.75) is 18.8 Å². The quantitative estimate of drug-likeness (QED) is 0.677. The van der Waals surface area contributed by atoms with Gasteiger partial charge in [0.15, 0.2) is 0 Å². The Morgan fingerprint density at radius 2 is 2.00 bits per heavy atom. The predicted molar refractivity (Wildman–Crippen MR) is 116 cm³/mol. The van der Waals surface area contributed by atoms with Crippen LogP contribution in [0.25, 0.3) is 16.6 Å². The highest BCUT2D eigenvalue weighted by Crippen LogP contribution is 2.35. The van der Waals surface area contributed by atoms with Crippen LogP contribution < -0.4 is 11.1 Å². The number of pyridine rings is 1. The van der Waals surface area contributed by atoms with Gasteiger partial charge in [-0.25, -0.2) is 0 Å². The van der Waals surface area contributed by atoms with Gasteiger partial charge in [-0.05, 0) is 54.7 Å². The molecule has 7 heteroatoms. The van der Waals surface area contributed by atoms with E-state index in [0.29, 0.717) is 5.92 Å². The molecule has 3 N–H and O–H groups in total. The fourth-order valence-corrected chi connectivity index (χ4v) is 4.13. The van der Waals surface area contributed by atoms with Crippen molar-refractivity contribution in [1.29, 1.82) is 0 Å². The van der Waals surface area contributed by atoms with Crippen molar-refractivity contribution >= 4 is 28.4 Å². The minimum atomic E-state index is 0.106. The van der Waals surface area contributed by atoms with E-state index in [1.807, 2.05) is 41.6 Å². The van der Waals surface area contributed by atoms with Crippen LogP contribution in [0.4, 0.5) is 0 Å². The molecule has 0 unspecified atom stereocenters. The summed E-state index contributed by atoms with van der Waals surface area (Å²) in [4.78, 5) is 18.6. The number of rotatable bonds is 5. The molecule has 1 aliphatic rings. The van der Waals surface area contributed by atoms with Crippen molar-refractivity contribution in [3.63, 3.8) is 0 Å². The summed E-state index contributed by atoms with van der Waals surface area (Å²) in [5.74, 6) is 0.517. The predicted octanol–water partition coefficient (Wildman–Crippen LogP) is 3.40. The van der Waals surface area contributed by atoms with Crippen molar-refractivity contribution in [2.75, 3.05) is 19.6 Å². The third-order valence-corrected chi connectivity index (χ3v) is 5.75. The van der Waals surface area contributed by atoms with Gasteiger partial charge in [0.1, 0.15) is 0 Å². The van der Waals surface area contributed by atoms with E-state index in [1.165, 1.54) is 17.1 Å². The highest BCUT2D eigenvalue weighted by atomic mass is 35.5. The van der Waals surface area contributed by atoms with E-state index < -0.39 is 0 Å². The van der Waals surface area contributed by atoms with Crippen LogP contribution in [-0.2, 0) is 4.79 Å². The zero-order valence-electron chi connectivity index (χ0n) is 16.1. The minimum Gasteiger partial charge on any atom is -0.403 e. The summed E-state index contributed by atoms with van der Waals surface area (Å²) < 4.78 is 2.18. The lowest BCUT2D eigenvalue weighted by atomic mass is 9.89. The maximum absolute atomic E-state index is 12.3. The molecule has 0 atom stereocenters. The second-order valence-electron chi connectivity index (χ2n) is 7.22. The van der Waals surface area contributed by atoms with E-state index in [1.54, 1.807) is 6.20 Å². The summed E-state index contributed by atoms with van der Waals surface area (Å²) in [7, 11) is 0. The Morgan fingerprint density at radius 1 is 1.24 bits per heavy atom. The number of halogens is 1. The lowest BCUT2D eigenvalue weighted by Crippen LogP contribution is -2.41. The van der Waals surface area contributed by atoms with Crippen LogP contribution in [0, 0.1) is 0 Å². The molecule has 1 fully saturated rings. The number of aromatic nitrogens is 2. The van der Waals surface area contributed by atoms with Gasteiger partial charge in [0.2, 0.25) is 5.91 Å². The number of hydrogen-bond acceptors (Lipinski definition) is 4. The summed E-state index contributed by atoms with van der Waals surface area (Å²) >= 11 is 6.06. The number of carbonyl (C=O) groups excluding carboxylic acids is 1. The van der Waals surface area contributed by atoms with Crippen molar-refractivity contribution in [2.24, 2.45) is 5.73 Å². The third-order valence-electron chi connectivity index (χ3n) is 5.50. The summed E-state index contributed by atoms with van der Waals surface area (Å²) in [6.45, 7) is 1.80. The van der Waals surface area contributed by atoms with Gasteiger partial charge >= 0.3 is 0 Å². The fourth-order valence-electron chi connectivity index (χ4n) is 4.01. The molecule has 3 aromatic rings. The Bertz CT molecular complexity index is 1020. The van der Waals surface area contributed by atoms with Gasteiger partial charge in [0, 0.05) is 54.0 Å². The zero-order chi connectivity index (χ0) is 20.2. The van der Waals surface area contributed by atoms with E-state index in [2.05, 4.69) is 27.1 Å². The Balaban J connectivity index is 1.55. The van der Waals surface area contributed by atoms with Crippen LogP contribution in [0.1, 0.15) is 24.3 Å². The molecule has 1 amide bonds. The molecule has 0 spiro atoms. The number of piperidine rings is 1. The smallest absolute Gasteiger partial charge is 0.241 e. The maximum atomic E-state index is 12.3. The molecule has 1 aromatic carbocycles. The summed E-state index contributed by atoms with van der Waals surface area (Å²) in [5.41, 5.74) is 8.75. The molecule has 6 nitrogen and oxygen atoms in total. The van der Waals surface area contributed by atoms with Crippen LogP contribution in [0.3, 0.4) is 0 Å². The highest BCUT2D eigenvalue weighted by Gasteiger charge is 2.26. The number of nitrogens with one attached hydrogen (secondary N) is 1. The molecule has 0 aliphatic carbocycles.